The van der Waals surface area contributed by atoms with Gasteiger partial charge in [-0.3, -0.25) is 4.98 Å². The minimum absolute atomic E-state index is 0.0581. The van der Waals surface area contributed by atoms with Gasteiger partial charge < -0.3 is 21.1 Å². The van der Waals surface area contributed by atoms with Crippen LogP contribution in [0.1, 0.15) is 46.0 Å². The van der Waals surface area contributed by atoms with E-state index < -0.39 is 5.54 Å². The number of unbranched alkanes of at least 4 members (excludes halogenated alkanes) is 1. The zero-order chi connectivity index (χ0) is 17.9. The molecule has 25 heavy (non-hydrogen) atoms. The lowest BCUT2D eigenvalue weighted by molar-refractivity contribution is 0.212. The average Bonchev–Trinajstić information content (AvgIpc) is 3.14. The smallest absolute Gasteiger partial charge is 0.126 e. The maximum atomic E-state index is 9.87. The van der Waals surface area contributed by atoms with Crippen LogP contribution in [0.3, 0.4) is 0 Å². The third kappa shape index (κ3) is 3.95. The highest BCUT2D eigenvalue weighted by Gasteiger charge is 2.24. The molecule has 1 aliphatic rings. The molecule has 1 aliphatic heterocycles. The third-order valence-corrected chi connectivity index (χ3v) is 4.99. The van der Waals surface area contributed by atoms with Crippen LogP contribution in [-0.2, 0) is 0 Å². The average molecular weight is 343 g/mol. The molecule has 3 heterocycles. The molecule has 0 aromatic carbocycles. The number of hydrogen-bond acceptors (Lipinski definition) is 6. The second kappa shape index (κ2) is 7.44. The van der Waals surface area contributed by atoms with Crippen molar-refractivity contribution in [3.05, 3.63) is 18.3 Å². The summed E-state index contributed by atoms with van der Waals surface area (Å²) in [5.74, 6) is 0.464. The summed E-state index contributed by atoms with van der Waals surface area (Å²) in [6.07, 6.45) is 7.39. The predicted molar refractivity (Wildman–Crippen MR) is 104 cm³/mol. The van der Waals surface area contributed by atoms with Gasteiger partial charge in [-0.2, -0.15) is 0 Å². The van der Waals surface area contributed by atoms with Crippen LogP contribution in [0.15, 0.2) is 18.3 Å². The number of pyridine rings is 2. The number of hydrogen-bond donors (Lipinski definition) is 3. The summed E-state index contributed by atoms with van der Waals surface area (Å²) in [5.41, 5.74) is 9.17. The van der Waals surface area contributed by atoms with Gasteiger partial charge in [-0.15, -0.1) is 0 Å². The first-order valence-corrected chi connectivity index (χ1v) is 9.25. The monoisotopic (exact) mass is 343 g/mol. The lowest BCUT2D eigenvalue weighted by Gasteiger charge is -2.30. The van der Waals surface area contributed by atoms with Crippen molar-refractivity contribution in [3.8, 4) is 0 Å². The molecule has 1 fully saturated rings. The number of anilines is 3. The zero-order valence-electron chi connectivity index (χ0n) is 15.3. The van der Waals surface area contributed by atoms with Crippen molar-refractivity contribution in [2.75, 3.05) is 35.6 Å². The van der Waals surface area contributed by atoms with E-state index in [1.54, 1.807) is 0 Å². The van der Waals surface area contributed by atoms with E-state index in [1.807, 2.05) is 19.2 Å². The Hall–Kier alpha value is -2.08. The Morgan fingerprint density at radius 3 is 2.76 bits per heavy atom. The lowest BCUT2D eigenvalue weighted by Crippen LogP contribution is -2.38. The molecule has 0 radical (unpaired) electrons. The summed E-state index contributed by atoms with van der Waals surface area (Å²) in [6.45, 7) is 6.38. The van der Waals surface area contributed by atoms with Gasteiger partial charge in [-0.05, 0) is 32.3 Å². The van der Waals surface area contributed by atoms with E-state index in [2.05, 4.69) is 33.2 Å². The van der Waals surface area contributed by atoms with Crippen molar-refractivity contribution in [3.63, 3.8) is 0 Å². The Labute approximate surface area is 149 Å². The molecule has 2 aromatic heterocycles. The van der Waals surface area contributed by atoms with Gasteiger partial charge in [0.2, 0.25) is 0 Å². The molecule has 1 atom stereocenters. The van der Waals surface area contributed by atoms with E-state index in [-0.39, 0.29) is 6.61 Å². The molecular formula is C19H29N5O. The number of nitrogen functional groups attached to an aromatic ring is 1. The number of rotatable bonds is 7. The van der Waals surface area contributed by atoms with Gasteiger partial charge in [0.15, 0.2) is 0 Å². The number of nitrogens with zero attached hydrogens (tertiary/aromatic N) is 3. The van der Waals surface area contributed by atoms with Gasteiger partial charge >= 0.3 is 0 Å². The number of aliphatic hydroxyl groups is 1. The quantitative estimate of drug-likeness (QED) is 0.716. The topological polar surface area (TPSA) is 87.3 Å². The van der Waals surface area contributed by atoms with Crippen molar-refractivity contribution in [1.82, 2.24) is 9.97 Å². The minimum atomic E-state index is -0.397. The fraction of sp³-hybridized carbons (Fsp3) is 0.579. The molecule has 1 saturated heterocycles. The second-order valence-electron chi connectivity index (χ2n) is 7.30. The largest absolute Gasteiger partial charge is 0.394 e. The van der Waals surface area contributed by atoms with Gasteiger partial charge in [0.1, 0.15) is 11.3 Å². The van der Waals surface area contributed by atoms with Crippen LogP contribution in [0.4, 0.5) is 17.2 Å². The van der Waals surface area contributed by atoms with Crippen molar-refractivity contribution in [2.45, 2.75) is 51.5 Å². The number of aliphatic hydroxyl groups excluding tert-OH is 1. The van der Waals surface area contributed by atoms with Crippen LogP contribution in [0.25, 0.3) is 11.0 Å². The first-order valence-electron chi connectivity index (χ1n) is 9.25. The first kappa shape index (κ1) is 17.7. The van der Waals surface area contributed by atoms with E-state index in [9.17, 15) is 5.11 Å². The summed E-state index contributed by atoms with van der Waals surface area (Å²) in [6, 6.07) is 3.88. The number of aromatic nitrogens is 2. The maximum Gasteiger partial charge on any atom is 0.126 e. The Kier molecular flexibility index (Phi) is 5.27. The molecular weight excluding hydrogens is 314 g/mol. The fourth-order valence-electron chi connectivity index (χ4n) is 3.44. The molecule has 0 saturated carbocycles. The van der Waals surface area contributed by atoms with Crippen LogP contribution >= 0.6 is 0 Å². The molecule has 3 rings (SSSR count). The maximum absolute atomic E-state index is 9.87. The summed E-state index contributed by atoms with van der Waals surface area (Å²) in [5, 5.41) is 13.3. The van der Waals surface area contributed by atoms with Crippen LogP contribution in [0, 0.1) is 0 Å². The van der Waals surface area contributed by atoms with Crippen molar-refractivity contribution in [1.29, 1.82) is 0 Å². The lowest BCUT2D eigenvalue weighted by atomic mass is 9.95. The minimum Gasteiger partial charge on any atom is -0.394 e. The van der Waals surface area contributed by atoms with Gasteiger partial charge in [0, 0.05) is 19.2 Å². The van der Waals surface area contributed by atoms with Crippen molar-refractivity contribution >= 4 is 28.2 Å². The summed E-state index contributed by atoms with van der Waals surface area (Å²) >= 11 is 0. The summed E-state index contributed by atoms with van der Waals surface area (Å²) < 4.78 is 0. The highest BCUT2D eigenvalue weighted by atomic mass is 16.3. The third-order valence-electron chi connectivity index (χ3n) is 4.99. The van der Waals surface area contributed by atoms with Gasteiger partial charge in [-0.1, -0.05) is 19.8 Å². The fourth-order valence-corrected chi connectivity index (χ4v) is 3.44. The Balaban J connectivity index is 1.94. The van der Waals surface area contributed by atoms with Gasteiger partial charge in [-0.25, -0.2) is 4.98 Å². The molecule has 0 spiro atoms. The first-order chi connectivity index (χ1) is 12.0. The molecule has 136 valence electrons. The highest BCUT2D eigenvalue weighted by Crippen LogP contribution is 2.30. The summed E-state index contributed by atoms with van der Waals surface area (Å²) in [4.78, 5) is 11.5. The molecule has 6 nitrogen and oxygen atoms in total. The number of fused-ring (bicyclic) bond motifs is 1. The van der Waals surface area contributed by atoms with Gasteiger partial charge in [0.25, 0.3) is 0 Å². The number of nitrogens with one attached hydrogen (secondary N) is 1. The molecule has 0 aliphatic carbocycles. The van der Waals surface area contributed by atoms with Crippen molar-refractivity contribution < 1.29 is 5.11 Å². The Bertz CT molecular complexity index is 729. The molecule has 0 bridgehead atoms. The van der Waals surface area contributed by atoms with Gasteiger partial charge in [0.05, 0.1) is 35.2 Å². The van der Waals surface area contributed by atoms with E-state index in [4.69, 9.17) is 5.73 Å². The van der Waals surface area contributed by atoms with Crippen LogP contribution in [0.5, 0.6) is 0 Å². The normalized spacial score (nSPS) is 17.0. The predicted octanol–water partition coefficient (Wildman–Crippen LogP) is 3.17. The SMILES string of the molecule is CCCCC(C)(CO)Nc1cc(N)nc2cc(N3CCCC3)cnc12. The Morgan fingerprint density at radius 2 is 2.08 bits per heavy atom. The zero-order valence-corrected chi connectivity index (χ0v) is 15.3. The van der Waals surface area contributed by atoms with E-state index in [0.717, 1.165) is 54.8 Å². The van der Waals surface area contributed by atoms with Crippen LogP contribution in [-0.4, -0.2) is 40.3 Å². The van der Waals surface area contributed by atoms with E-state index in [1.165, 1.54) is 12.8 Å². The standard InChI is InChI=1S/C19H29N5O/c1-3-4-7-19(2,13-25)23-16-11-17(20)22-15-10-14(12-21-18(15)16)24-8-5-6-9-24/h10-12,25H,3-9,13H2,1-2H3,(H3,20,22,23). The van der Waals surface area contributed by atoms with E-state index in [0.29, 0.717) is 5.82 Å². The molecule has 1 unspecified atom stereocenters. The Morgan fingerprint density at radius 1 is 1.32 bits per heavy atom. The van der Waals surface area contributed by atoms with Crippen LogP contribution < -0.4 is 16.0 Å². The van der Waals surface area contributed by atoms with Crippen molar-refractivity contribution in [2.24, 2.45) is 0 Å². The molecule has 2 aromatic rings. The molecule has 6 heteroatoms. The highest BCUT2D eigenvalue weighted by molar-refractivity contribution is 5.91. The molecule has 4 N–H and O–H groups in total. The van der Waals surface area contributed by atoms with E-state index >= 15 is 0 Å². The molecule has 0 amide bonds. The second-order valence-corrected chi connectivity index (χ2v) is 7.30. The number of nitrogens with two attached hydrogens (primary N) is 1. The van der Waals surface area contributed by atoms with Crippen LogP contribution in [0.2, 0.25) is 0 Å². The summed E-state index contributed by atoms with van der Waals surface area (Å²) in [7, 11) is 0.